The largest absolute Gasteiger partial charge is 0.337 e. The Bertz CT molecular complexity index is 649. The molecule has 0 bridgehead atoms. The van der Waals surface area contributed by atoms with Crippen molar-refractivity contribution in [2.75, 3.05) is 28.4 Å². The normalized spacial score (nSPS) is 22.0. The Morgan fingerprint density at radius 1 is 1.00 bits per heavy atom. The van der Waals surface area contributed by atoms with Crippen molar-refractivity contribution < 1.29 is 31.6 Å². The summed E-state index contributed by atoms with van der Waals surface area (Å²) in [6.45, 7) is 0. The minimum absolute atomic E-state index is 0.189. The number of benzene rings is 1. The molecule has 1 aromatic rings. The summed E-state index contributed by atoms with van der Waals surface area (Å²) in [6, 6.07) is 4.23. The van der Waals surface area contributed by atoms with Crippen molar-refractivity contribution >= 4 is 15.2 Å². The molecule has 0 saturated heterocycles. The SMILES string of the molecule is COP(=O)(OC)C1Cc2ccc(F)cc2C(P(=O)(OC)OC)C1. The fourth-order valence-corrected chi connectivity index (χ4v) is 6.58. The minimum atomic E-state index is -3.54. The van der Waals surface area contributed by atoms with Gasteiger partial charge in [-0.05, 0) is 36.1 Å². The van der Waals surface area contributed by atoms with E-state index in [1.54, 1.807) is 6.07 Å². The Morgan fingerprint density at radius 2 is 1.57 bits per heavy atom. The predicted molar refractivity (Wildman–Crippen MR) is 84.5 cm³/mol. The smallest absolute Gasteiger partial charge is 0.312 e. The van der Waals surface area contributed by atoms with E-state index in [1.165, 1.54) is 40.6 Å². The summed E-state index contributed by atoms with van der Waals surface area (Å²) < 4.78 is 59.6. The van der Waals surface area contributed by atoms with Crippen LogP contribution in [0.15, 0.2) is 18.2 Å². The number of hydrogen-bond acceptors (Lipinski definition) is 6. The Labute approximate surface area is 135 Å². The third-order valence-electron chi connectivity index (χ3n) is 4.26. The van der Waals surface area contributed by atoms with Crippen LogP contribution in [0, 0.1) is 5.82 Å². The number of rotatable bonds is 6. The predicted octanol–water partition coefficient (Wildman–Crippen LogP) is 4.15. The van der Waals surface area contributed by atoms with Crippen LogP contribution in [0.2, 0.25) is 0 Å². The lowest BCUT2D eigenvalue weighted by molar-refractivity contribution is 0.249. The van der Waals surface area contributed by atoms with Gasteiger partial charge in [-0.15, -0.1) is 0 Å². The molecular weight excluding hydrogens is 345 g/mol. The molecule has 2 atom stereocenters. The first kappa shape index (κ1) is 18.8. The highest BCUT2D eigenvalue weighted by molar-refractivity contribution is 7.55. The minimum Gasteiger partial charge on any atom is -0.312 e. The molecule has 0 heterocycles. The van der Waals surface area contributed by atoms with Gasteiger partial charge >= 0.3 is 15.2 Å². The maximum absolute atomic E-state index is 13.7. The summed E-state index contributed by atoms with van der Waals surface area (Å²) in [5.41, 5.74) is 0.0306. The van der Waals surface area contributed by atoms with Crippen LogP contribution in [-0.2, 0) is 33.6 Å². The second-order valence-corrected chi connectivity index (χ2v) is 10.2. The van der Waals surface area contributed by atoms with E-state index >= 15 is 0 Å². The van der Waals surface area contributed by atoms with E-state index in [0.717, 1.165) is 5.56 Å². The van der Waals surface area contributed by atoms with E-state index in [-0.39, 0.29) is 6.42 Å². The highest BCUT2D eigenvalue weighted by atomic mass is 31.2. The van der Waals surface area contributed by atoms with E-state index < -0.39 is 32.3 Å². The second kappa shape index (κ2) is 7.14. The van der Waals surface area contributed by atoms with Crippen molar-refractivity contribution in [3.8, 4) is 0 Å². The van der Waals surface area contributed by atoms with Gasteiger partial charge in [-0.3, -0.25) is 9.13 Å². The third kappa shape index (κ3) is 3.46. The average Bonchev–Trinajstić information content (AvgIpc) is 2.59. The fraction of sp³-hybridized carbons (Fsp3) is 0.571. The number of halogens is 1. The Balaban J connectivity index is 2.55. The lowest BCUT2D eigenvalue weighted by Crippen LogP contribution is -2.25. The fourth-order valence-electron chi connectivity index (χ4n) is 3.03. The molecule has 0 saturated carbocycles. The zero-order valence-electron chi connectivity index (χ0n) is 13.5. The van der Waals surface area contributed by atoms with Crippen LogP contribution < -0.4 is 0 Å². The highest BCUT2D eigenvalue weighted by Crippen LogP contribution is 2.67. The van der Waals surface area contributed by atoms with Crippen LogP contribution in [0.1, 0.15) is 23.2 Å². The quantitative estimate of drug-likeness (QED) is 0.705. The van der Waals surface area contributed by atoms with Crippen LogP contribution in [0.3, 0.4) is 0 Å². The van der Waals surface area contributed by atoms with Crippen LogP contribution in [0.5, 0.6) is 0 Å². The molecular formula is C14H21FO6P2. The number of hydrogen-bond donors (Lipinski definition) is 0. The number of fused-ring (bicyclic) bond motifs is 1. The van der Waals surface area contributed by atoms with Crippen molar-refractivity contribution in [3.05, 3.63) is 35.1 Å². The molecule has 0 radical (unpaired) electrons. The average molecular weight is 366 g/mol. The topological polar surface area (TPSA) is 71.1 Å². The Morgan fingerprint density at radius 3 is 2.09 bits per heavy atom. The van der Waals surface area contributed by atoms with Gasteiger partial charge in [-0.1, -0.05) is 6.07 Å². The molecule has 2 rings (SSSR count). The summed E-state index contributed by atoms with van der Waals surface area (Å²) in [6.07, 6.45) is 0.562. The van der Waals surface area contributed by atoms with Gasteiger partial charge in [0.05, 0.1) is 11.3 Å². The summed E-state index contributed by atoms with van der Waals surface area (Å²) >= 11 is 0. The molecule has 23 heavy (non-hydrogen) atoms. The maximum Gasteiger partial charge on any atom is 0.337 e. The van der Waals surface area contributed by atoms with Crippen LogP contribution in [0.4, 0.5) is 4.39 Å². The van der Waals surface area contributed by atoms with E-state index in [9.17, 15) is 13.5 Å². The van der Waals surface area contributed by atoms with Gasteiger partial charge in [0.15, 0.2) is 0 Å². The van der Waals surface area contributed by atoms with E-state index in [0.29, 0.717) is 12.0 Å². The molecule has 0 fully saturated rings. The van der Waals surface area contributed by atoms with Gasteiger partial charge in [0, 0.05) is 28.4 Å². The van der Waals surface area contributed by atoms with E-state index in [1.807, 2.05) is 0 Å². The molecule has 0 aliphatic heterocycles. The van der Waals surface area contributed by atoms with Crippen molar-refractivity contribution in [1.29, 1.82) is 0 Å². The van der Waals surface area contributed by atoms with Crippen molar-refractivity contribution in [2.45, 2.75) is 24.2 Å². The van der Waals surface area contributed by atoms with Crippen LogP contribution in [0.25, 0.3) is 0 Å². The summed E-state index contributed by atoms with van der Waals surface area (Å²) in [5.74, 6) is -0.437. The van der Waals surface area contributed by atoms with Gasteiger partial charge in [0.2, 0.25) is 0 Å². The molecule has 6 nitrogen and oxygen atoms in total. The van der Waals surface area contributed by atoms with E-state index in [4.69, 9.17) is 18.1 Å². The van der Waals surface area contributed by atoms with E-state index in [2.05, 4.69) is 0 Å². The first-order chi connectivity index (χ1) is 10.8. The van der Waals surface area contributed by atoms with Crippen LogP contribution in [-0.4, -0.2) is 34.1 Å². The molecule has 1 aliphatic carbocycles. The highest BCUT2D eigenvalue weighted by Gasteiger charge is 2.47. The molecule has 0 amide bonds. The maximum atomic E-state index is 13.7. The molecule has 0 N–H and O–H groups in total. The molecule has 0 spiro atoms. The third-order valence-corrected chi connectivity index (χ3v) is 8.84. The molecule has 1 aliphatic rings. The monoisotopic (exact) mass is 366 g/mol. The first-order valence-electron chi connectivity index (χ1n) is 7.04. The zero-order valence-corrected chi connectivity index (χ0v) is 15.3. The molecule has 130 valence electrons. The van der Waals surface area contributed by atoms with Gasteiger partial charge < -0.3 is 18.1 Å². The van der Waals surface area contributed by atoms with Gasteiger partial charge in [0.25, 0.3) is 0 Å². The summed E-state index contributed by atoms with van der Waals surface area (Å²) in [4.78, 5) is 0. The Hall–Kier alpha value is -0.550. The van der Waals surface area contributed by atoms with Gasteiger partial charge in [-0.25, -0.2) is 4.39 Å². The van der Waals surface area contributed by atoms with Crippen molar-refractivity contribution in [3.63, 3.8) is 0 Å². The van der Waals surface area contributed by atoms with Crippen LogP contribution >= 0.6 is 15.2 Å². The molecule has 9 heteroatoms. The Kier molecular flexibility index (Phi) is 5.83. The van der Waals surface area contributed by atoms with Crippen molar-refractivity contribution in [1.82, 2.24) is 0 Å². The molecule has 0 aromatic heterocycles. The zero-order chi connectivity index (χ0) is 17.3. The standard InChI is InChI=1S/C14H21FO6P2/c1-18-22(16,19-2)12-7-10-5-6-11(15)8-13(10)14(9-12)23(17,20-3)21-4/h5-6,8,12,14H,7,9H2,1-4H3. The summed E-state index contributed by atoms with van der Waals surface area (Å²) in [7, 11) is -1.74. The lowest BCUT2D eigenvalue weighted by Gasteiger charge is -2.36. The van der Waals surface area contributed by atoms with Gasteiger partial charge in [0.1, 0.15) is 5.82 Å². The second-order valence-electron chi connectivity index (χ2n) is 5.26. The van der Waals surface area contributed by atoms with Crippen molar-refractivity contribution in [2.24, 2.45) is 0 Å². The lowest BCUT2D eigenvalue weighted by atomic mass is 9.91. The molecule has 1 aromatic carbocycles. The van der Waals surface area contributed by atoms with Gasteiger partial charge in [-0.2, -0.15) is 0 Å². The first-order valence-corrected chi connectivity index (χ1v) is 10.3. The molecule has 2 unspecified atom stereocenters. The summed E-state index contributed by atoms with van der Waals surface area (Å²) in [5, 5.41) is 0.